The number of carbonyl (C=O) groups is 2. The topological polar surface area (TPSA) is 117 Å². The molecular weight excluding hydrogens is 484 g/mol. The first-order valence-electron chi connectivity index (χ1n) is 12.4. The van der Waals surface area contributed by atoms with Gasteiger partial charge in [0.1, 0.15) is 23.6 Å². The van der Waals surface area contributed by atoms with E-state index >= 15 is 0 Å². The SMILES string of the molecule is COC(=O)[C@H](C)NCc1cc2ccccc2c(-c2c(O)c(CN[C@@H](C)C(=O)OC)cc3ccccc23)c1O. The van der Waals surface area contributed by atoms with Crippen LogP contribution in [-0.2, 0) is 32.2 Å². The van der Waals surface area contributed by atoms with Crippen LogP contribution in [0.15, 0.2) is 60.7 Å². The highest BCUT2D eigenvalue weighted by molar-refractivity contribution is 6.10. The molecule has 0 aliphatic carbocycles. The maximum absolute atomic E-state index is 11.9. The van der Waals surface area contributed by atoms with Crippen molar-refractivity contribution in [3.8, 4) is 22.6 Å². The van der Waals surface area contributed by atoms with E-state index in [1.165, 1.54) is 14.2 Å². The number of phenolic OH excluding ortho intramolecular Hbond substituents is 2. The first-order chi connectivity index (χ1) is 18.3. The van der Waals surface area contributed by atoms with Gasteiger partial charge in [-0.2, -0.15) is 0 Å². The molecule has 2 atom stereocenters. The molecule has 0 fully saturated rings. The Kier molecular flexibility index (Phi) is 8.14. The van der Waals surface area contributed by atoms with Gasteiger partial charge in [0.25, 0.3) is 0 Å². The smallest absolute Gasteiger partial charge is 0.322 e. The average Bonchev–Trinajstić information content (AvgIpc) is 2.94. The van der Waals surface area contributed by atoms with E-state index in [4.69, 9.17) is 9.47 Å². The number of esters is 2. The number of phenols is 2. The summed E-state index contributed by atoms with van der Waals surface area (Å²) < 4.78 is 9.60. The molecule has 0 aromatic heterocycles. The van der Waals surface area contributed by atoms with E-state index in [0.717, 1.165) is 21.5 Å². The zero-order valence-corrected chi connectivity index (χ0v) is 21.9. The van der Waals surface area contributed by atoms with Crippen LogP contribution in [0.4, 0.5) is 0 Å². The van der Waals surface area contributed by atoms with Crippen LogP contribution in [0.3, 0.4) is 0 Å². The Hall–Kier alpha value is -4.14. The van der Waals surface area contributed by atoms with Crippen molar-refractivity contribution in [2.75, 3.05) is 14.2 Å². The lowest BCUT2D eigenvalue weighted by Gasteiger charge is -2.20. The Morgan fingerprint density at radius 2 is 1.08 bits per heavy atom. The van der Waals surface area contributed by atoms with Crippen molar-refractivity contribution in [3.63, 3.8) is 0 Å². The van der Waals surface area contributed by atoms with E-state index in [0.29, 0.717) is 22.3 Å². The van der Waals surface area contributed by atoms with Crippen LogP contribution in [0.5, 0.6) is 11.5 Å². The molecule has 198 valence electrons. The minimum Gasteiger partial charge on any atom is -0.507 e. The first-order valence-corrected chi connectivity index (χ1v) is 12.4. The third kappa shape index (κ3) is 5.27. The van der Waals surface area contributed by atoms with Crippen molar-refractivity contribution in [2.24, 2.45) is 0 Å². The molecule has 0 spiro atoms. The fourth-order valence-electron chi connectivity index (χ4n) is 4.61. The third-order valence-corrected chi connectivity index (χ3v) is 6.76. The van der Waals surface area contributed by atoms with Gasteiger partial charge in [-0.05, 0) is 47.5 Å². The second-order valence-electron chi connectivity index (χ2n) is 9.21. The van der Waals surface area contributed by atoms with E-state index in [-0.39, 0.29) is 24.6 Å². The Morgan fingerprint density at radius 3 is 1.45 bits per heavy atom. The summed E-state index contributed by atoms with van der Waals surface area (Å²) in [4.78, 5) is 23.8. The summed E-state index contributed by atoms with van der Waals surface area (Å²) in [6.07, 6.45) is 0. The van der Waals surface area contributed by atoms with E-state index in [2.05, 4.69) is 10.6 Å². The van der Waals surface area contributed by atoms with Crippen LogP contribution in [0.25, 0.3) is 32.7 Å². The van der Waals surface area contributed by atoms with Gasteiger partial charge in [-0.15, -0.1) is 0 Å². The highest BCUT2D eigenvalue weighted by atomic mass is 16.5. The largest absolute Gasteiger partial charge is 0.507 e. The number of ether oxygens (including phenoxy) is 2. The minimum atomic E-state index is -0.574. The van der Waals surface area contributed by atoms with Crippen LogP contribution in [0.1, 0.15) is 25.0 Å². The van der Waals surface area contributed by atoms with Gasteiger partial charge in [-0.3, -0.25) is 9.59 Å². The molecule has 0 saturated carbocycles. The number of nitrogens with one attached hydrogen (secondary N) is 2. The van der Waals surface area contributed by atoms with Crippen LogP contribution in [0, 0.1) is 0 Å². The maximum Gasteiger partial charge on any atom is 0.322 e. The second-order valence-corrected chi connectivity index (χ2v) is 9.21. The lowest BCUT2D eigenvalue weighted by molar-refractivity contribution is -0.143. The predicted molar refractivity (Wildman–Crippen MR) is 147 cm³/mol. The molecule has 4 aromatic carbocycles. The number of fused-ring (bicyclic) bond motifs is 2. The summed E-state index contributed by atoms with van der Waals surface area (Å²) in [5.41, 5.74) is 2.12. The quantitative estimate of drug-likeness (QED) is 0.242. The van der Waals surface area contributed by atoms with Crippen molar-refractivity contribution < 1.29 is 29.3 Å². The van der Waals surface area contributed by atoms with Crippen LogP contribution in [0.2, 0.25) is 0 Å². The van der Waals surface area contributed by atoms with Gasteiger partial charge < -0.3 is 30.3 Å². The first kappa shape index (κ1) is 26.9. The van der Waals surface area contributed by atoms with E-state index < -0.39 is 24.0 Å². The fourth-order valence-corrected chi connectivity index (χ4v) is 4.61. The lowest BCUT2D eigenvalue weighted by atomic mass is 9.88. The Balaban J connectivity index is 1.90. The molecule has 0 heterocycles. The van der Waals surface area contributed by atoms with Gasteiger partial charge >= 0.3 is 11.9 Å². The molecule has 0 saturated heterocycles. The normalized spacial score (nSPS) is 12.8. The summed E-state index contributed by atoms with van der Waals surface area (Å²) in [6, 6.07) is 17.8. The van der Waals surface area contributed by atoms with E-state index in [1.807, 2.05) is 60.7 Å². The Bertz CT molecular complexity index is 1390. The minimum absolute atomic E-state index is 0.00163. The number of hydrogen-bond donors (Lipinski definition) is 4. The van der Waals surface area contributed by atoms with Crippen molar-refractivity contribution in [1.82, 2.24) is 10.6 Å². The van der Waals surface area contributed by atoms with Gasteiger partial charge in [0.05, 0.1) is 14.2 Å². The van der Waals surface area contributed by atoms with Crippen LogP contribution >= 0.6 is 0 Å². The van der Waals surface area contributed by atoms with Crippen LogP contribution in [-0.4, -0.2) is 48.5 Å². The zero-order chi connectivity index (χ0) is 27.4. The number of aromatic hydroxyl groups is 2. The Labute approximate surface area is 221 Å². The zero-order valence-electron chi connectivity index (χ0n) is 21.9. The molecule has 0 bridgehead atoms. The number of hydrogen-bond acceptors (Lipinski definition) is 8. The van der Waals surface area contributed by atoms with Gasteiger partial charge in [0, 0.05) is 35.3 Å². The molecule has 0 aliphatic heterocycles. The van der Waals surface area contributed by atoms with Gasteiger partial charge in [0.15, 0.2) is 0 Å². The van der Waals surface area contributed by atoms with E-state index in [9.17, 15) is 19.8 Å². The molecular formula is C30H32N2O6. The summed E-state index contributed by atoms with van der Waals surface area (Å²) >= 11 is 0. The van der Waals surface area contributed by atoms with Crippen molar-refractivity contribution in [1.29, 1.82) is 0 Å². The summed E-state index contributed by atoms with van der Waals surface area (Å²) in [5.74, 6) is -0.811. The molecule has 0 radical (unpaired) electrons. The number of rotatable bonds is 9. The lowest BCUT2D eigenvalue weighted by Crippen LogP contribution is -2.34. The maximum atomic E-state index is 11.9. The monoisotopic (exact) mass is 516 g/mol. The van der Waals surface area contributed by atoms with Crippen LogP contribution < -0.4 is 10.6 Å². The molecule has 0 aliphatic rings. The molecule has 38 heavy (non-hydrogen) atoms. The third-order valence-electron chi connectivity index (χ3n) is 6.76. The standard InChI is InChI=1S/C30H32N2O6/c1-17(29(35)37-3)31-15-21-13-19-9-5-7-11-23(19)25(27(21)33)26-24-12-8-6-10-20(24)14-22(28(26)34)16-32-18(2)30(36)38-4/h5-14,17-18,31-34H,15-16H2,1-4H3/t17-,18-/m0/s1. The fraction of sp³-hybridized carbons (Fsp3) is 0.267. The molecule has 8 heteroatoms. The van der Waals surface area contributed by atoms with E-state index in [1.54, 1.807) is 13.8 Å². The Morgan fingerprint density at radius 1 is 0.711 bits per heavy atom. The van der Waals surface area contributed by atoms with Gasteiger partial charge in [0.2, 0.25) is 0 Å². The van der Waals surface area contributed by atoms with Gasteiger partial charge in [-0.25, -0.2) is 0 Å². The number of benzene rings is 4. The predicted octanol–water partition coefficient (Wildman–Crippen LogP) is 4.37. The summed E-state index contributed by atoms with van der Waals surface area (Å²) in [5, 5.41) is 32.7. The molecule has 4 N–H and O–H groups in total. The van der Waals surface area contributed by atoms with Crippen molar-refractivity contribution in [2.45, 2.75) is 39.0 Å². The summed E-state index contributed by atoms with van der Waals surface area (Å²) in [6.45, 7) is 3.79. The molecule has 4 aromatic rings. The summed E-state index contributed by atoms with van der Waals surface area (Å²) in [7, 11) is 2.65. The number of carbonyl (C=O) groups excluding carboxylic acids is 2. The van der Waals surface area contributed by atoms with Crippen molar-refractivity contribution in [3.05, 3.63) is 71.8 Å². The molecule has 0 unspecified atom stereocenters. The highest BCUT2D eigenvalue weighted by Gasteiger charge is 2.23. The second kappa shape index (κ2) is 11.5. The molecule has 8 nitrogen and oxygen atoms in total. The van der Waals surface area contributed by atoms with Gasteiger partial charge in [-0.1, -0.05) is 48.5 Å². The molecule has 4 rings (SSSR count). The van der Waals surface area contributed by atoms with Crippen molar-refractivity contribution >= 4 is 33.5 Å². The number of methoxy groups -OCH3 is 2. The highest BCUT2D eigenvalue weighted by Crippen LogP contribution is 2.47. The average molecular weight is 517 g/mol. The molecule has 0 amide bonds.